The van der Waals surface area contributed by atoms with Crippen molar-refractivity contribution in [2.45, 2.75) is 12.8 Å². The van der Waals surface area contributed by atoms with Gasteiger partial charge in [-0.15, -0.1) is 0 Å². The van der Waals surface area contributed by atoms with Crippen molar-refractivity contribution in [1.29, 1.82) is 0 Å². The van der Waals surface area contributed by atoms with Crippen molar-refractivity contribution in [3.05, 3.63) is 35.4 Å². The summed E-state index contributed by atoms with van der Waals surface area (Å²) in [6.07, 6.45) is 0. The second kappa shape index (κ2) is 3.81. The highest BCUT2D eigenvalue weighted by Crippen LogP contribution is 2.28. The van der Waals surface area contributed by atoms with E-state index in [9.17, 15) is 8.78 Å². The van der Waals surface area contributed by atoms with Crippen LogP contribution in [0.5, 0.6) is 0 Å². The van der Waals surface area contributed by atoms with Crippen LogP contribution in [0.3, 0.4) is 0 Å². The smallest absolute Gasteiger partial charge is 0.298 e. The van der Waals surface area contributed by atoms with Crippen LogP contribution in [0.15, 0.2) is 24.3 Å². The normalized spacial score (nSPS) is 11.7. The Morgan fingerprint density at radius 1 is 1.46 bits per heavy atom. The van der Waals surface area contributed by atoms with Crippen molar-refractivity contribution < 1.29 is 13.6 Å². The van der Waals surface area contributed by atoms with E-state index in [4.69, 9.17) is 0 Å². The third-order valence-corrected chi connectivity index (χ3v) is 1.71. The lowest BCUT2D eigenvalue weighted by Gasteiger charge is -2.15. The molecule has 0 amide bonds. The van der Waals surface area contributed by atoms with Gasteiger partial charge in [-0.2, -0.15) is 8.78 Å². The molecule has 0 aliphatic carbocycles. The Hall–Kier alpha value is -1.00. The average Bonchev–Trinajstić information content (AvgIpc) is 2.04. The summed E-state index contributed by atoms with van der Waals surface area (Å²) in [4.78, 5) is 3.95. The summed E-state index contributed by atoms with van der Waals surface area (Å²) in [5.74, 6) is 1.60. The van der Waals surface area contributed by atoms with Gasteiger partial charge in [-0.3, -0.25) is 4.84 Å². The van der Waals surface area contributed by atoms with Gasteiger partial charge in [0.25, 0.3) is 5.92 Å². The van der Waals surface area contributed by atoms with Crippen LogP contribution in [0.1, 0.15) is 11.1 Å². The van der Waals surface area contributed by atoms with Crippen LogP contribution in [0.4, 0.5) is 8.78 Å². The van der Waals surface area contributed by atoms with Crippen LogP contribution in [0.25, 0.3) is 0 Å². The molecular formula is C9H11F2NO. The largest absolute Gasteiger partial charge is 0.298 e. The fourth-order valence-corrected chi connectivity index (χ4v) is 1.06. The lowest BCUT2D eigenvalue weighted by atomic mass is 10.1. The van der Waals surface area contributed by atoms with E-state index < -0.39 is 12.5 Å². The summed E-state index contributed by atoms with van der Waals surface area (Å²) in [6.45, 7) is 0.958. The number of alkyl halides is 2. The number of nitrogens with two attached hydrogens (primary N) is 1. The Bertz CT molecular complexity index is 289. The molecule has 2 N–H and O–H groups in total. The minimum Gasteiger partial charge on any atom is -0.298 e. The maximum Gasteiger partial charge on any atom is 0.298 e. The molecule has 1 aromatic carbocycles. The SMILES string of the molecule is Cc1cccc(C(F)(F)CON)c1. The van der Waals surface area contributed by atoms with E-state index in [1.54, 1.807) is 19.1 Å². The van der Waals surface area contributed by atoms with Crippen molar-refractivity contribution in [2.24, 2.45) is 5.90 Å². The number of rotatable bonds is 3. The molecule has 1 rings (SSSR count). The standard InChI is InChI=1S/C9H11F2NO/c1-7-3-2-4-8(5-7)9(10,11)6-13-12/h2-5H,6,12H2,1H3. The molecule has 72 valence electrons. The second-order valence-corrected chi connectivity index (χ2v) is 2.88. The van der Waals surface area contributed by atoms with Crippen molar-refractivity contribution in [1.82, 2.24) is 0 Å². The van der Waals surface area contributed by atoms with Gasteiger partial charge in [0, 0.05) is 5.56 Å². The van der Waals surface area contributed by atoms with Gasteiger partial charge < -0.3 is 0 Å². The Labute approximate surface area is 75.3 Å². The highest BCUT2D eigenvalue weighted by atomic mass is 19.3. The predicted octanol–water partition coefficient (Wildman–Crippen LogP) is 1.98. The minimum atomic E-state index is -3.01. The number of benzene rings is 1. The van der Waals surface area contributed by atoms with E-state index in [-0.39, 0.29) is 5.56 Å². The highest BCUT2D eigenvalue weighted by molar-refractivity contribution is 5.25. The lowest BCUT2D eigenvalue weighted by Crippen LogP contribution is -2.23. The molecular weight excluding hydrogens is 176 g/mol. The maximum atomic E-state index is 13.1. The molecule has 0 heterocycles. The molecule has 13 heavy (non-hydrogen) atoms. The number of halogens is 2. The van der Waals surface area contributed by atoms with E-state index in [1.165, 1.54) is 12.1 Å². The van der Waals surface area contributed by atoms with E-state index >= 15 is 0 Å². The van der Waals surface area contributed by atoms with E-state index in [0.29, 0.717) is 0 Å². The first-order valence-corrected chi connectivity index (χ1v) is 3.83. The summed E-state index contributed by atoms with van der Waals surface area (Å²) < 4.78 is 26.3. The van der Waals surface area contributed by atoms with Gasteiger partial charge in [-0.1, -0.05) is 29.8 Å². The fourth-order valence-electron chi connectivity index (χ4n) is 1.06. The molecule has 0 saturated carbocycles. The molecule has 0 fully saturated rings. The van der Waals surface area contributed by atoms with Crippen LogP contribution in [-0.4, -0.2) is 6.61 Å². The molecule has 0 aliphatic rings. The zero-order valence-electron chi connectivity index (χ0n) is 7.26. The second-order valence-electron chi connectivity index (χ2n) is 2.88. The van der Waals surface area contributed by atoms with Gasteiger partial charge in [0.2, 0.25) is 0 Å². The monoisotopic (exact) mass is 187 g/mol. The summed E-state index contributed by atoms with van der Waals surface area (Å²) in [5.41, 5.74) is 0.715. The molecule has 2 nitrogen and oxygen atoms in total. The summed E-state index contributed by atoms with van der Waals surface area (Å²) in [6, 6.07) is 6.10. The predicted molar refractivity (Wildman–Crippen MR) is 45.2 cm³/mol. The van der Waals surface area contributed by atoms with Crippen molar-refractivity contribution in [3.8, 4) is 0 Å². The lowest BCUT2D eigenvalue weighted by molar-refractivity contribution is -0.0838. The minimum absolute atomic E-state index is 0.0713. The molecule has 1 aromatic rings. The van der Waals surface area contributed by atoms with Crippen LogP contribution in [-0.2, 0) is 10.8 Å². The maximum absolute atomic E-state index is 13.1. The van der Waals surface area contributed by atoms with Gasteiger partial charge in [-0.25, -0.2) is 5.90 Å². The van der Waals surface area contributed by atoms with Gasteiger partial charge in [0.15, 0.2) is 0 Å². The highest BCUT2D eigenvalue weighted by Gasteiger charge is 2.31. The van der Waals surface area contributed by atoms with Crippen LogP contribution in [0.2, 0.25) is 0 Å². The Balaban J connectivity index is 2.93. The van der Waals surface area contributed by atoms with Gasteiger partial charge in [-0.05, 0) is 6.92 Å². The summed E-state index contributed by atoms with van der Waals surface area (Å²) in [5, 5.41) is 0. The molecule has 0 aliphatic heterocycles. The molecule has 4 heteroatoms. The molecule has 0 radical (unpaired) electrons. The summed E-state index contributed by atoms with van der Waals surface area (Å²) in [7, 11) is 0. The van der Waals surface area contributed by atoms with Gasteiger partial charge in [0.05, 0.1) is 0 Å². The Kier molecular flexibility index (Phi) is 2.95. The van der Waals surface area contributed by atoms with E-state index in [1.807, 2.05) is 0 Å². The third kappa shape index (κ3) is 2.47. The Morgan fingerprint density at radius 3 is 2.69 bits per heavy atom. The van der Waals surface area contributed by atoms with Crippen molar-refractivity contribution in [2.75, 3.05) is 6.61 Å². The van der Waals surface area contributed by atoms with Crippen LogP contribution < -0.4 is 5.90 Å². The fraction of sp³-hybridized carbons (Fsp3) is 0.333. The van der Waals surface area contributed by atoms with Crippen LogP contribution in [0, 0.1) is 6.92 Å². The van der Waals surface area contributed by atoms with Gasteiger partial charge in [0.1, 0.15) is 6.61 Å². The molecule has 0 unspecified atom stereocenters. The van der Waals surface area contributed by atoms with Crippen molar-refractivity contribution >= 4 is 0 Å². The van der Waals surface area contributed by atoms with Gasteiger partial charge >= 0.3 is 0 Å². The quantitative estimate of drug-likeness (QED) is 0.734. The zero-order chi connectivity index (χ0) is 9.90. The first-order valence-electron chi connectivity index (χ1n) is 3.83. The average molecular weight is 187 g/mol. The molecule has 0 spiro atoms. The number of aryl methyl sites for hydroxylation is 1. The number of hydrogen-bond acceptors (Lipinski definition) is 2. The topological polar surface area (TPSA) is 35.2 Å². The first kappa shape index (κ1) is 10.1. The molecule has 0 saturated heterocycles. The number of hydrogen-bond donors (Lipinski definition) is 1. The zero-order valence-corrected chi connectivity index (χ0v) is 7.26. The molecule has 0 aromatic heterocycles. The Morgan fingerprint density at radius 2 is 2.15 bits per heavy atom. The molecule has 0 bridgehead atoms. The van der Waals surface area contributed by atoms with E-state index in [2.05, 4.69) is 10.7 Å². The van der Waals surface area contributed by atoms with Crippen molar-refractivity contribution in [3.63, 3.8) is 0 Å². The summed E-state index contributed by atoms with van der Waals surface area (Å²) >= 11 is 0. The van der Waals surface area contributed by atoms with E-state index in [0.717, 1.165) is 5.56 Å². The van der Waals surface area contributed by atoms with Crippen LogP contribution >= 0.6 is 0 Å². The molecule has 0 atom stereocenters. The first-order chi connectivity index (χ1) is 6.06. The third-order valence-electron chi connectivity index (χ3n) is 1.71.